The quantitative estimate of drug-likeness (QED) is 0.493. The Bertz CT molecular complexity index is 494. The molecule has 0 aliphatic carbocycles. The molecule has 0 saturated heterocycles. The summed E-state index contributed by atoms with van der Waals surface area (Å²) in [5.41, 5.74) is 4.19. The van der Waals surface area contributed by atoms with E-state index in [1.54, 1.807) is 22.6 Å². The molecule has 0 aliphatic heterocycles. The van der Waals surface area contributed by atoms with Gasteiger partial charge in [-0.1, -0.05) is 0 Å². The Balaban J connectivity index is 3.65. The molecule has 1 heterocycles. The predicted octanol–water partition coefficient (Wildman–Crippen LogP) is 2.13. The van der Waals surface area contributed by atoms with Gasteiger partial charge in [-0.05, 0) is 22.6 Å². The maximum Gasteiger partial charge on any atom is 0.266 e. The number of hydrogen-bond donors (Lipinski definition) is 1. The predicted molar refractivity (Wildman–Crippen MR) is 59.4 cm³/mol. The normalized spacial score (nSPS) is 12.1. The SMILES string of the molecule is Nc1c(I)ncc(C(F)F)c1S(=O)(=O)Cl. The smallest absolute Gasteiger partial charge is 0.266 e. The molecule has 0 spiro atoms. The van der Waals surface area contributed by atoms with Crippen molar-refractivity contribution in [1.29, 1.82) is 0 Å². The molecule has 0 amide bonds. The van der Waals surface area contributed by atoms with Crippen LogP contribution < -0.4 is 5.73 Å². The van der Waals surface area contributed by atoms with Crippen LogP contribution in [0.1, 0.15) is 12.0 Å². The van der Waals surface area contributed by atoms with Crippen LogP contribution in [0.3, 0.4) is 0 Å². The highest BCUT2D eigenvalue weighted by Gasteiger charge is 2.26. The van der Waals surface area contributed by atoms with E-state index in [4.69, 9.17) is 16.4 Å². The summed E-state index contributed by atoms with van der Waals surface area (Å²) < 4.78 is 47.1. The fourth-order valence-electron chi connectivity index (χ4n) is 0.931. The molecule has 0 radical (unpaired) electrons. The van der Waals surface area contributed by atoms with Gasteiger partial charge in [0.05, 0.1) is 11.3 Å². The molecule has 9 heteroatoms. The Morgan fingerprint density at radius 2 is 2.07 bits per heavy atom. The van der Waals surface area contributed by atoms with Crippen molar-refractivity contribution in [2.45, 2.75) is 11.3 Å². The standard InChI is InChI=1S/C6H4ClF2IN2O2S/c7-15(13,14)4-2(5(8)9)1-12-6(10)3(4)11/h1,5H,11H2. The second-order valence-electron chi connectivity index (χ2n) is 2.49. The van der Waals surface area contributed by atoms with Gasteiger partial charge in [0.15, 0.2) is 0 Å². The summed E-state index contributed by atoms with van der Waals surface area (Å²) in [4.78, 5) is 2.77. The number of halogens is 4. The van der Waals surface area contributed by atoms with Crippen LogP contribution >= 0.6 is 33.3 Å². The zero-order valence-corrected chi connectivity index (χ0v) is 10.6. The number of hydrogen-bond acceptors (Lipinski definition) is 4. The number of nitrogens with zero attached hydrogens (tertiary/aromatic N) is 1. The van der Waals surface area contributed by atoms with Crippen molar-refractivity contribution in [3.8, 4) is 0 Å². The van der Waals surface area contributed by atoms with E-state index in [2.05, 4.69) is 4.98 Å². The number of nitrogen functional groups attached to an aromatic ring is 1. The Morgan fingerprint density at radius 3 is 2.47 bits per heavy atom. The van der Waals surface area contributed by atoms with Gasteiger partial charge in [-0.2, -0.15) is 0 Å². The lowest BCUT2D eigenvalue weighted by Gasteiger charge is -2.09. The monoisotopic (exact) mass is 368 g/mol. The van der Waals surface area contributed by atoms with Crippen LogP contribution in [-0.4, -0.2) is 13.4 Å². The Kier molecular flexibility index (Phi) is 3.71. The lowest BCUT2D eigenvalue weighted by Crippen LogP contribution is -2.07. The van der Waals surface area contributed by atoms with E-state index < -0.39 is 25.9 Å². The molecule has 4 nitrogen and oxygen atoms in total. The fraction of sp³-hybridized carbons (Fsp3) is 0.167. The van der Waals surface area contributed by atoms with Crippen molar-refractivity contribution in [2.75, 3.05) is 5.73 Å². The van der Waals surface area contributed by atoms with Crippen LogP contribution in [0.2, 0.25) is 0 Å². The first-order valence-electron chi connectivity index (χ1n) is 3.42. The van der Waals surface area contributed by atoms with Gasteiger partial charge in [0.2, 0.25) is 0 Å². The first-order valence-corrected chi connectivity index (χ1v) is 6.80. The zero-order chi connectivity index (χ0) is 11.8. The maximum atomic E-state index is 12.4. The molecular formula is C6H4ClF2IN2O2S. The van der Waals surface area contributed by atoms with Gasteiger partial charge in [-0.3, -0.25) is 0 Å². The van der Waals surface area contributed by atoms with Crippen molar-refractivity contribution in [3.63, 3.8) is 0 Å². The van der Waals surface area contributed by atoms with Crippen molar-refractivity contribution in [1.82, 2.24) is 4.98 Å². The molecule has 84 valence electrons. The minimum absolute atomic E-state index is 0.108. The molecule has 0 fully saturated rings. The van der Waals surface area contributed by atoms with Crippen molar-refractivity contribution in [2.24, 2.45) is 0 Å². The van der Waals surface area contributed by atoms with Crippen molar-refractivity contribution >= 4 is 48.0 Å². The van der Waals surface area contributed by atoms with Crippen molar-refractivity contribution < 1.29 is 17.2 Å². The molecular weight excluding hydrogens is 364 g/mol. The van der Waals surface area contributed by atoms with E-state index in [0.717, 1.165) is 6.20 Å². The van der Waals surface area contributed by atoms with Crippen molar-refractivity contribution in [3.05, 3.63) is 15.5 Å². The largest absolute Gasteiger partial charge is 0.395 e. The summed E-state index contributed by atoms with van der Waals surface area (Å²) in [5.74, 6) is 0. The first-order chi connectivity index (χ1) is 6.75. The number of aromatic nitrogens is 1. The van der Waals surface area contributed by atoms with Gasteiger partial charge >= 0.3 is 0 Å². The number of nitrogens with two attached hydrogens (primary N) is 1. The summed E-state index contributed by atoms with van der Waals surface area (Å²) >= 11 is 1.63. The second kappa shape index (κ2) is 4.34. The van der Waals surface area contributed by atoms with Gasteiger partial charge in [0.25, 0.3) is 15.5 Å². The number of alkyl halides is 2. The summed E-state index contributed by atoms with van der Waals surface area (Å²) in [6.07, 6.45) is -2.25. The van der Waals surface area contributed by atoms with E-state index in [-0.39, 0.29) is 9.39 Å². The minimum atomic E-state index is -4.31. The van der Waals surface area contributed by atoms with E-state index in [1.165, 1.54) is 0 Å². The summed E-state index contributed by atoms with van der Waals surface area (Å²) in [6, 6.07) is 0. The highest BCUT2D eigenvalue weighted by molar-refractivity contribution is 14.1. The van der Waals surface area contributed by atoms with Gasteiger partial charge < -0.3 is 5.73 Å². The van der Waals surface area contributed by atoms with E-state index in [9.17, 15) is 17.2 Å². The van der Waals surface area contributed by atoms with Crippen LogP contribution in [0.15, 0.2) is 11.1 Å². The molecule has 0 unspecified atom stereocenters. The average Bonchev–Trinajstić information content (AvgIpc) is 2.06. The number of rotatable bonds is 2. The molecule has 1 aromatic rings. The van der Waals surface area contributed by atoms with E-state index in [0.29, 0.717) is 0 Å². The average molecular weight is 369 g/mol. The van der Waals surface area contributed by atoms with Crippen LogP contribution in [0, 0.1) is 3.70 Å². The molecule has 0 bridgehead atoms. The van der Waals surface area contributed by atoms with Gasteiger partial charge in [0, 0.05) is 16.9 Å². The molecule has 1 rings (SSSR count). The van der Waals surface area contributed by atoms with Crippen LogP contribution in [-0.2, 0) is 9.05 Å². The zero-order valence-electron chi connectivity index (χ0n) is 6.92. The third-order valence-corrected chi connectivity index (χ3v) is 3.79. The lowest BCUT2D eigenvalue weighted by molar-refractivity contribution is 0.147. The van der Waals surface area contributed by atoms with E-state index in [1.807, 2.05) is 0 Å². The summed E-state index contributed by atoms with van der Waals surface area (Å²) in [6.45, 7) is 0. The summed E-state index contributed by atoms with van der Waals surface area (Å²) in [7, 11) is 0.704. The van der Waals surface area contributed by atoms with Gasteiger partial charge in [-0.15, -0.1) is 0 Å². The third kappa shape index (κ3) is 2.67. The topological polar surface area (TPSA) is 73.0 Å². The second-order valence-corrected chi connectivity index (χ2v) is 6.01. The maximum absolute atomic E-state index is 12.4. The Labute approximate surface area is 102 Å². The molecule has 0 aliphatic rings. The summed E-state index contributed by atoms with van der Waals surface area (Å²) in [5, 5.41) is 0. The molecule has 0 atom stereocenters. The Hall–Kier alpha value is -0.220. The van der Waals surface area contributed by atoms with Gasteiger partial charge in [-0.25, -0.2) is 22.2 Å². The molecule has 0 aromatic carbocycles. The fourth-order valence-corrected chi connectivity index (χ4v) is 2.82. The minimum Gasteiger partial charge on any atom is -0.395 e. The van der Waals surface area contributed by atoms with Crippen LogP contribution in [0.25, 0.3) is 0 Å². The molecule has 2 N–H and O–H groups in total. The molecule has 0 saturated carbocycles. The first kappa shape index (κ1) is 12.8. The lowest BCUT2D eigenvalue weighted by atomic mass is 10.3. The highest BCUT2D eigenvalue weighted by atomic mass is 127. The third-order valence-electron chi connectivity index (χ3n) is 1.52. The van der Waals surface area contributed by atoms with Crippen LogP contribution in [0.5, 0.6) is 0 Å². The highest BCUT2D eigenvalue weighted by Crippen LogP contribution is 2.34. The number of pyridine rings is 1. The molecule has 1 aromatic heterocycles. The Morgan fingerprint density at radius 1 is 1.53 bits per heavy atom. The van der Waals surface area contributed by atoms with Crippen LogP contribution in [0.4, 0.5) is 14.5 Å². The van der Waals surface area contributed by atoms with E-state index >= 15 is 0 Å². The number of anilines is 1. The molecule has 15 heavy (non-hydrogen) atoms. The van der Waals surface area contributed by atoms with Gasteiger partial charge in [0.1, 0.15) is 8.60 Å².